The van der Waals surface area contributed by atoms with Gasteiger partial charge in [-0.05, 0) is 59.7 Å². The van der Waals surface area contributed by atoms with E-state index in [0.717, 1.165) is 44.6 Å². The maximum absolute atomic E-state index is 4.60. The molecule has 0 atom stereocenters. The largest absolute Gasteiger partial charge is 0.337 e. The highest BCUT2D eigenvalue weighted by Crippen LogP contribution is 2.30. The van der Waals surface area contributed by atoms with E-state index in [1.54, 1.807) is 18.6 Å². The smallest absolute Gasteiger partial charge is 0.178 e. The monoisotopic (exact) mass is 323 g/mol. The summed E-state index contributed by atoms with van der Waals surface area (Å²) in [5, 5.41) is 1.08. The summed E-state index contributed by atoms with van der Waals surface area (Å²) >= 11 is 0. The topological polar surface area (TPSA) is 67.3 Å². The molecule has 5 heteroatoms. The Morgan fingerprint density at radius 1 is 0.760 bits per heavy atom. The number of benzene rings is 1. The number of aromatic amines is 1. The van der Waals surface area contributed by atoms with Gasteiger partial charge in [-0.3, -0.25) is 9.97 Å². The van der Waals surface area contributed by atoms with E-state index >= 15 is 0 Å². The van der Waals surface area contributed by atoms with Crippen LogP contribution in [0.2, 0.25) is 0 Å². The number of fused-ring (bicyclic) bond motifs is 2. The van der Waals surface area contributed by atoms with Crippen molar-refractivity contribution >= 4 is 22.1 Å². The van der Waals surface area contributed by atoms with Gasteiger partial charge in [0.15, 0.2) is 5.65 Å². The van der Waals surface area contributed by atoms with Crippen molar-refractivity contribution in [2.75, 3.05) is 0 Å². The second-order valence-corrected chi connectivity index (χ2v) is 5.79. The van der Waals surface area contributed by atoms with Crippen molar-refractivity contribution in [1.82, 2.24) is 24.9 Å². The molecule has 1 N–H and O–H groups in total. The average molecular weight is 323 g/mol. The third-order valence-corrected chi connectivity index (χ3v) is 4.26. The van der Waals surface area contributed by atoms with Crippen LogP contribution in [0, 0.1) is 0 Å². The van der Waals surface area contributed by atoms with Crippen LogP contribution >= 0.6 is 0 Å². The molecule has 5 rings (SSSR count). The van der Waals surface area contributed by atoms with Crippen LogP contribution < -0.4 is 0 Å². The Labute approximate surface area is 143 Å². The summed E-state index contributed by atoms with van der Waals surface area (Å²) < 4.78 is 0. The third kappa shape index (κ3) is 2.33. The summed E-state index contributed by atoms with van der Waals surface area (Å²) in [4.78, 5) is 20.8. The first kappa shape index (κ1) is 13.8. The zero-order valence-electron chi connectivity index (χ0n) is 13.2. The van der Waals surface area contributed by atoms with Crippen LogP contribution in [0.1, 0.15) is 0 Å². The summed E-state index contributed by atoms with van der Waals surface area (Å²) in [5.74, 6) is 0.806. The molecule has 0 saturated carbocycles. The van der Waals surface area contributed by atoms with Crippen molar-refractivity contribution < 1.29 is 0 Å². The van der Waals surface area contributed by atoms with Gasteiger partial charge in [-0.15, -0.1) is 0 Å². The molecule has 4 heterocycles. The molecule has 118 valence electrons. The van der Waals surface area contributed by atoms with Crippen LogP contribution in [0.5, 0.6) is 0 Å². The van der Waals surface area contributed by atoms with E-state index in [4.69, 9.17) is 0 Å². The molecule has 0 radical (unpaired) electrons. The summed E-state index contributed by atoms with van der Waals surface area (Å²) in [7, 11) is 0. The van der Waals surface area contributed by atoms with Crippen LogP contribution in [0.15, 0.2) is 73.3 Å². The van der Waals surface area contributed by atoms with Crippen molar-refractivity contribution in [1.29, 1.82) is 0 Å². The Bertz CT molecular complexity index is 1160. The van der Waals surface area contributed by atoms with Crippen molar-refractivity contribution in [2.45, 2.75) is 0 Å². The molecule has 0 aliphatic carbocycles. The first-order valence-electron chi connectivity index (χ1n) is 7.99. The maximum Gasteiger partial charge on any atom is 0.178 e. The van der Waals surface area contributed by atoms with Gasteiger partial charge in [0.1, 0.15) is 5.82 Å². The van der Waals surface area contributed by atoms with Gasteiger partial charge in [0.2, 0.25) is 0 Å². The second kappa shape index (κ2) is 5.49. The molecular weight excluding hydrogens is 310 g/mol. The van der Waals surface area contributed by atoms with Gasteiger partial charge in [-0.2, -0.15) is 0 Å². The summed E-state index contributed by atoms with van der Waals surface area (Å²) in [6.45, 7) is 0. The second-order valence-electron chi connectivity index (χ2n) is 5.79. The number of nitrogens with zero attached hydrogens (tertiary/aromatic N) is 4. The number of rotatable bonds is 2. The van der Waals surface area contributed by atoms with Crippen molar-refractivity contribution in [3.63, 3.8) is 0 Å². The summed E-state index contributed by atoms with van der Waals surface area (Å²) in [5.41, 5.74) is 5.85. The number of hydrogen-bond donors (Lipinski definition) is 1. The number of nitrogens with one attached hydrogen (secondary N) is 1. The number of imidazole rings is 1. The predicted molar refractivity (Wildman–Crippen MR) is 97.9 cm³/mol. The van der Waals surface area contributed by atoms with Gasteiger partial charge in [-0.25, -0.2) is 9.97 Å². The highest BCUT2D eigenvalue weighted by molar-refractivity contribution is 5.96. The first-order valence-corrected chi connectivity index (χ1v) is 7.99. The van der Waals surface area contributed by atoms with Gasteiger partial charge in [-0.1, -0.05) is 0 Å². The van der Waals surface area contributed by atoms with Crippen LogP contribution in [0.25, 0.3) is 44.6 Å². The Hall–Kier alpha value is -3.60. The van der Waals surface area contributed by atoms with Gasteiger partial charge in [0, 0.05) is 35.7 Å². The molecule has 5 nitrogen and oxygen atoms in total. The molecule has 0 saturated heterocycles. The minimum Gasteiger partial charge on any atom is -0.337 e. The van der Waals surface area contributed by atoms with Crippen LogP contribution in [-0.2, 0) is 0 Å². The van der Waals surface area contributed by atoms with Crippen molar-refractivity contribution in [3.8, 4) is 22.5 Å². The van der Waals surface area contributed by atoms with E-state index in [2.05, 4.69) is 31.0 Å². The molecule has 5 aromatic rings. The minimum absolute atomic E-state index is 0.721. The zero-order chi connectivity index (χ0) is 16.6. The Morgan fingerprint density at radius 3 is 2.56 bits per heavy atom. The molecule has 25 heavy (non-hydrogen) atoms. The lowest BCUT2D eigenvalue weighted by molar-refractivity contribution is 1.30. The number of H-pyrrole nitrogens is 1. The predicted octanol–water partition coefficient (Wildman–Crippen LogP) is 4.24. The van der Waals surface area contributed by atoms with Gasteiger partial charge >= 0.3 is 0 Å². The Kier molecular flexibility index (Phi) is 3.03. The number of aromatic nitrogens is 5. The number of hydrogen-bond acceptors (Lipinski definition) is 4. The normalized spacial score (nSPS) is 11.2. The van der Waals surface area contributed by atoms with E-state index in [9.17, 15) is 0 Å². The lowest BCUT2D eigenvalue weighted by atomic mass is 10.0. The van der Waals surface area contributed by atoms with Crippen molar-refractivity contribution in [2.24, 2.45) is 0 Å². The summed E-state index contributed by atoms with van der Waals surface area (Å²) in [6, 6.07) is 16.1. The number of pyridine rings is 3. The fourth-order valence-electron chi connectivity index (χ4n) is 3.06. The molecular formula is C20H13N5. The lowest BCUT2D eigenvalue weighted by Gasteiger charge is -2.07. The lowest BCUT2D eigenvalue weighted by Crippen LogP contribution is -1.87. The summed E-state index contributed by atoms with van der Waals surface area (Å²) in [6.07, 6.45) is 7.19. The van der Waals surface area contributed by atoms with Gasteiger partial charge in [0.05, 0.1) is 11.0 Å². The molecule has 0 spiro atoms. The molecule has 4 aromatic heterocycles. The Balaban J connectivity index is 1.73. The molecule has 0 unspecified atom stereocenters. The highest BCUT2D eigenvalue weighted by atomic mass is 15.0. The van der Waals surface area contributed by atoms with Crippen LogP contribution in [-0.4, -0.2) is 24.9 Å². The SMILES string of the molecule is c1cnc2nc(-c3ccc4nccc(-c5ccncc5)c4c3)[nH]c2c1. The quantitative estimate of drug-likeness (QED) is 0.528. The van der Waals surface area contributed by atoms with E-state index in [1.807, 2.05) is 48.7 Å². The minimum atomic E-state index is 0.721. The van der Waals surface area contributed by atoms with E-state index in [0.29, 0.717) is 0 Å². The molecule has 1 aromatic carbocycles. The standard InChI is InChI=1S/C20H13N5/c1-2-18-20(23-8-1)25-19(24-18)14-3-4-17-16(12-14)15(7-11-22-17)13-5-9-21-10-6-13/h1-12H,(H,23,24,25). The molecule has 0 aliphatic rings. The fourth-order valence-corrected chi connectivity index (χ4v) is 3.06. The molecule has 0 amide bonds. The van der Waals surface area contributed by atoms with Crippen LogP contribution in [0.4, 0.5) is 0 Å². The molecule has 0 fully saturated rings. The fraction of sp³-hybridized carbons (Fsp3) is 0. The van der Waals surface area contributed by atoms with Gasteiger partial charge in [0.25, 0.3) is 0 Å². The van der Waals surface area contributed by atoms with E-state index in [-0.39, 0.29) is 0 Å². The molecule has 0 bridgehead atoms. The average Bonchev–Trinajstić information content (AvgIpc) is 3.12. The third-order valence-electron chi connectivity index (χ3n) is 4.26. The zero-order valence-corrected chi connectivity index (χ0v) is 13.2. The van der Waals surface area contributed by atoms with Crippen LogP contribution in [0.3, 0.4) is 0 Å². The Morgan fingerprint density at radius 2 is 1.68 bits per heavy atom. The van der Waals surface area contributed by atoms with E-state index < -0.39 is 0 Å². The maximum atomic E-state index is 4.60. The van der Waals surface area contributed by atoms with Gasteiger partial charge < -0.3 is 4.98 Å². The van der Waals surface area contributed by atoms with E-state index in [1.165, 1.54) is 0 Å². The highest BCUT2D eigenvalue weighted by Gasteiger charge is 2.09. The molecule has 0 aliphatic heterocycles. The first-order chi connectivity index (χ1) is 12.4. The van der Waals surface area contributed by atoms with Crippen molar-refractivity contribution in [3.05, 3.63) is 73.3 Å².